The van der Waals surface area contributed by atoms with Gasteiger partial charge in [0.05, 0.1) is 12.9 Å². The first kappa shape index (κ1) is 22.0. The summed E-state index contributed by atoms with van der Waals surface area (Å²) in [6, 6.07) is 5.56. The Balaban J connectivity index is 1.16. The lowest BCUT2D eigenvalue weighted by atomic mass is 9.96. The zero-order valence-corrected chi connectivity index (χ0v) is 19.2. The van der Waals surface area contributed by atoms with Gasteiger partial charge in [0.25, 0.3) is 5.56 Å². The number of benzene rings is 1. The lowest BCUT2D eigenvalue weighted by Crippen LogP contribution is -2.39. The maximum Gasteiger partial charge on any atom is 0.344 e. The first-order valence-corrected chi connectivity index (χ1v) is 11.4. The molecule has 10 heteroatoms. The zero-order valence-electron chi connectivity index (χ0n) is 19.2. The van der Waals surface area contributed by atoms with Crippen LogP contribution < -0.4 is 16.0 Å². The van der Waals surface area contributed by atoms with Crippen molar-refractivity contribution in [3.8, 4) is 5.75 Å². The minimum absolute atomic E-state index is 0.0650. The second kappa shape index (κ2) is 8.85. The van der Waals surface area contributed by atoms with Crippen molar-refractivity contribution < 1.29 is 18.7 Å². The van der Waals surface area contributed by atoms with Gasteiger partial charge >= 0.3 is 11.7 Å². The Morgan fingerprint density at radius 3 is 2.85 bits per heavy atom. The number of hydrogen-bond donors (Lipinski definition) is 0. The van der Waals surface area contributed by atoms with Gasteiger partial charge in [-0.3, -0.25) is 13.9 Å². The molecule has 3 heterocycles. The summed E-state index contributed by atoms with van der Waals surface area (Å²) >= 11 is 0. The molecule has 0 saturated carbocycles. The summed E-state index contributed by atoms with van der Waals surface area (Å²) in [6.07, 6.45) is 6.05. The van der Waals surface area contributed by atoms with Gasteiger partial charge in [-0.25, -0.2) is 14.6 Å². The van der Waals surface area contributed by atoms with E-state index in [1.807, 2.05) is 12.1 Å². The SMILES string of the molecule is Cn1cnc2c1c(=O)n(CCCOC(=O)COc1ccc3oc4c(c3c1)CCCC4)c(=O)n2C. The number of furan rings is 1. The monoisotopic (exact) mass is 466 g/mol. The molecule has 1 aromatic carbocycles. The number of nitrogens with zero attached hydrogens (tertiary/aromatic N) is 4. The number of esters is 1. The normalized spacial score (nSPS) is 13.4. The minimum Gasteiger partial charge on any atom is -0.482 e. The molecular weight excluding hydrogens is 440 g/mol. The Morgan fingerprint density at radius 2 is 2.00 bits per heavy atom. The van der Waals surface area contributed by atoms with Gasteiger partial charge in [-0.15, -0.1) is 0 Å². The molecule has 0 N–H and O–H groups in total. The largest absolute Gasteiger partial charge is 0.482 e. The highest BCUT2D eigenvalue weighted by molar-refractivity contribution is 5.84. The number of aryl methyl sites for hydroxylation is 4. The number of hydrogen-bond acceptors (Lipinski definition) is 7. The average molecular weight is 466 g/mol. The van der Waals surface area contributed by atoms with E-state index in [1.54, 1.807) is 24.7 Å². The summed E-state index contributed by atoms with van der Waals surface area (Å²) in [5, 5.41) is 1.04. The van der Waals surface area contributed by atoms with Gasteiger partial charge in [-0.2, -0.15) is 0 Å². The summed E-state index contributed by atoms with van der Waals surface area (Å²) in [5.41, 5.74) is 1.90. The molecule has 0 saturated heterocycles. The average Bonchev–Trinajstić information content (AvgIpc) is 3.41. The number of imidazole rings is 1. The molecule has 0 radical (unpaired) electrons. The van der Waals surface area contributed by atoms with Crippen LogP contribution in [-0.2, 0) is 43.0 Å². The lowest BCUT2D eigenvalue weighted by Gasteiger charge is -2.10. The standard InChI is InChI=1S/C24H26N4O6/c1-26-14-25-22-21(26)23(30)28(24(31)27(22)2)10-5-11-32-20(29)13-33-15-8-9-19-17(12-15)16-6-3-4-7-18(16)34-19/h8-9,12,14H,3-7,10-11,13H2,1-2H3. The van der Waals surface area contributed by atoms with Crippen LogP contribution in [0.25, 0.3) is 22.1 Å². The van der Waals surface area contributed by atoms with Crippen molar-refractivity contribution in [2.45, 2.75) is 38.6 Å². The summed E-state index contributed by atoms with van der Waals surface area (Å²) in [6.45, 7) is -0.0350. The second-order valence-corrected chi connectivity index (χ2v) is 8.56. The van der Waals surface area contributed by atoms with Crippen LogP contribution >= 0.6 is 0 Å². The Kier molecular flexibility index (Phi) is 5.72. The fraction of sp³-hybridized carbons (Fsp3) is 0.417. The van der Waals surface area contributed by atoms with Crippen LogP contribution in [0.4, 0.5) is 0 Å². The molecule has 178 valence electrons. The van der Waals surface area contributed by atoms with E-state index < -0.39 is 17.2 Å². The third-order valence-corrected chi connectivity index (χ3v) is 6.27. The molecule has 0 aliphatic heterocycles. The van der Waals surface area contributed by atoms with Crippen LogP contribution in [0.5, 0.6) is 5.75 Å². The van der Waals surface area contributed by atoms with Gasteiger partial charge in [-0.1, -0.05) is 0 Å². The topological polar surface area (TPSA) is 110 Å². The number of aromatic nitrogens is 4. The van der Waals surface area contributed by atoms with Gasteiger partial charge in [0.1, 0.15) is 17.1 Å². The van der Waals surface area contributed by atoms with Crippen molar-refractivity contribution >= 4 is 28.1 Å². The van der Waals surface area contributed by atoms with Crippen LogP contribution in [0.2, 0.25) is 0 Å². The van der Waals surface area contributed by atoms with Crippen LogP contribution in [0.15, 0.2) is 38.5 Å². The highest BCUT2D eigenvalue weighted by Crippen LogP contribution is 2.33. The number of ether oxygens (including phenoxy) is 2. The highest BCUT2D eigenvalue weighted by Gasteiger charge is 2.18. The van der Waals surface area contributed by atoms with Crippen molar-refractivity contribution in [3.63, 3.8) is 0 Å². The van der Waals surface area contributed by atoms with Crippen molar-refractivity contribution in [1.82, 2.24) is 18.7 Å². The van der Waals surface area contributed by atoms with E-state index >= 15 is 0 Å². The van der Waals surface area contributed by atoms with Crippen LogP contribution in [0, 0.1) is 0 Å². The Hall–Kier alpha value is -3.82. The highest BCUT2D eigenvalue weighted by atomic mass is 16.6. The molecule has 5 rings (SSSR count). The maximum absolute atomic E-state index is 12.7. The zero-order chi connectivity index (χ0) is 23.8. The predicted octanol–water partition coefficient (Wildman–Crippen LogP) is 2.07. The van der Waals surface area contributed by atoms with Crippen LogP contribution in [0.1, 0.15) is 30.6 Å². The summed E-state index contributed by atoms with van der Waals surface area (Å²) in [4.78, 5) is 41.4. The van der Waals surface area contributed by atoms with Crippen molar-refractivity contribution in [2.75, 3.05) is 13.2 Å². The van der Waals surface area contributed by atoms with Gasteiger partial charge in [0.2, 0.25) is 0 Å². The minimum atomic E-state index is -0.517. The first-order valence-electron chi connectivity index (χ1n) is 11.4. The molecule has 10 nitrogen and oxygen atoms in total. The third-order valence-electron chi connectivity index (χ3n) is 6.27. The molecule has 34 heavy (non-hydrogen) atoms. The van der Waals surface area contributed by atoms with E-state index in [0.717, 1.165) is 47.0 Å². The summed E-state index contributed by atoms with van der Waals surface area (Å²) in [5.74, 6) is 1.11. The fourth-order valence-corrected chi connectivity index (χ4v) is 4.52. The molecule has 0 atom stereocenters. The lowest BCUT2D eigenvalue weighted by molar-refractivity contribution is -0.146. The molecule has 4 aromatic rings. The van der Waals surface area contributed by atoms with Crippen LogP contribution in [0.3, 0.4) is 0 Å². The van der Waals surface area contributed by atoms with E-state index in [4.69, 9.17) is 13.9 Å². The van der Waals surface area contributed by atoms with Crippen LogP contribution in [-0.4, -0.2) is 37.9 Å². The molecule has 0 amide bonds. The van der Waals surface area contributed by atoms with Gasteiger partial charge in [-0.05, 0) is 43.9 Å². The quantitative estimate of drug-likeness (QED) is 0.303. The first-order chi connectivity index (χ1) is 16.4. The third kappa shape index (κ3) is 3.89. The smallest absolute Gasteiger partial charge is 0.344 e. The predicted molar refractivity (Wildman–Crippen MR) is 124 cm³/mol. The van der Waals surface area contributed by atoms with E-state index in [1.165, 1.54) is 16.5 Å². The molecule has 3 aromatic heterocycles. The second-order valence-electron chi connectivity index (χ2n) is 8.56. The Bertz CT molecular complexity index is 1510. The number of fused-ring (bicyclic) bond motifs is 4. The molecular formula is C24H26N4O6. The Morgan fingerprint density at radius 1 is 1.18 bits per heavy atom. The summed E-state index contributed by atoms with van der Waals surface area (Å²) in [7, 11) is 3.27. The van der Waals surface area contributed by atoms with E-state index in [2.05, 4.69) is 4.98 Å². The molecule has 0 bridgehead atoms. The van der Waals surface area contributed by atoms with Gasteiger partial charge < -0.3 is 18.5 Å². The molecule has 1 aliphatic carbocycles. The fourth-order valence-electron chi connectivity index (χ4n) is 4.52. The molecule has 1 aliphatic rings. The van der Waals surface area contributed by atoms with E-state index in [9.17, 15) is 14.4 Å². The van der Waals surface area contributed by atoms with E-state index in [0.29, 0.717) is 23.3 Å². The Labute approximate surface area is 194 Å². The number of carbonyl (C=O) groups excluding carboxylic acids is 1. The molecule has 0 fully saturated rings. The van der Waals surface area contributed by atoms with Crippen molar-refractivity contribution in [1.29, 1.82) is 0 Å². The van der Waals surface area contributed by atoms with Gasteiger partial charge in [0.15, 0.2) is 17.8 Å². The molecule has 0 spiro atoms. The molecule has 0 unspecified atom stereocenters. The summed E-state index contributed by atoms with van der Waals surface area (Å²) < 4.78 is 20.8. The van der Waals surface area contributed by atoms with Crippen molar-refractivity contribution in [2.24, 2.45) is 14.1 Å². The van der Waals surface area contributed by atoms with Gasteiger partial charge in [0, 0.05) is 38.0 Å². The maximum atomic E-state index is 12.7. The number of carbonyl (C=O) groups is 1. The van der Waals surface area contributed by atoms with E-state index in [-0.39, 0.29) is 19.8 Å². The number of rotatable bonds is 7. The van der Waals surface area contributed by atoms with Crippen molar-refractivity contribution in [3.05, 3.63) is 56.7 Å².